The number of carboxylic acids is 1. The molecule has 1 aromatic carbocycles. The van der Waals surface area contributed by atoms with Crippen LogP contribution in [0.1, 0.15) is 52.4 Å². The molecule has 1 rings (SSSR count). The predicted molar refractivity (Wildman–Crippen MR) is 94.5 cm³/mol. The third-order valence-electron chi connectivity index (χ3n) is 3.84. The van der Waals surface area contributed by atoms with Gasteiger partial charge in [0.1, 0.15) is 11.8 Å². The highest BCUT2D eigenvalue weighted by atomic mass is 35.5. The van der Waals surface area contributed by atoms with E-state index in [2.05, 4.69) is 0 Å². The predicted octanol–water partition coefficient (Wildman–Crippen LogP) is 3.82. The van der Waals surface area contributed by atoms with Crippen LogP contribution in [-0.4, -0.2) is 28.5 Å². The van der Waals surface area contributed by atoms with Gasteiger partial charge < -0.3 is 15.6 Å². The SMILES string of the molecule is CC(C)(Oc1ccc(Cl)cc1)C(=O)CCCCCCC(N)C(=O)O. The van der Waals surface area contributed by atoms with Gasteiger partial charge in [-0.3, -0.25) is 9.59 Å². The fraction of sp³-hybridized carbons (Fsp3) is 0.556. The summed E-state index contributed by atoms with van der Waals surface area (Å²) in [6, 6.07) is 6.13. The highest BCUT2D eigenvalue weighted by Crippen LogP contribution is 2.23. The summed E-state index contributed by atoms with van der Waals surface area (Å²) in [6.45, 7) is 3.52. The number of carbonyl (C=O) groups is 2. The molecule has 5 nitrogen and oxygen atoms in total. The Morgan fingerprint density at radius 1 is 1.17 bits per heavy atom. The van der Waals surface area contributed by atoms with Gasteiger partial charge in [-0.2, -0.15) is 0 Å². The zero-order valence-electron chi connectivity index (χ0n) is 14.3. The maximum absolute atomic E-state index is 12.3. The molecule has 0 radical (unpaired) electrons. The molecular formula is C18H26ClNO4. The van der Waals surface area contributed by atoms with Crippen molar-refractivity contribution in [3.05, 3.63) is 29.3 Å². The van der Waals surface area contributed by atoms with Crippen LogP contribution >= 0.6 is 11.6 Å². The number of ether oxygens (including phenoxy) is 1. The Morgan fingerprint density at radius 3 is 2.33 bits per heavy atom. The fourth-order valence-electron chi connectivity index (χ4n) is 2.28. The lowest BCUT2D eigenvalue weighted by molar-refractivity contribution is -0.138. The number of halogens is 1. The van der Waals surface area contributed by atoms with Gasteiger partial charge in [0.15, 0.2) is 11.4 Å². The van der Waals surface area contributed by atoms with Crippen molar-refractivity contribution in [2.24, 2.45) is 5.73 Å². The topological polar surface area (TPSA) is 89.6 Å². The van der Waals surface area contributed by atoms with Gasteiger partial charge in [0.25, 0.3) is 0 Å². The maximum Gasteiger partial charge on any atom is 0.320 e. The second kappa shape index (κ2) is 9.64. The molecular weight excluding hydrogens is 330 g/mol. The summed E-state index contributed by atoms with van der Waals surface area (Å²) in [5, 5.41) is 9.31. The van der Waals surface area contributed by atoms with Crippen LogP contribution in [0, 0.1) is 0 Å². The van der Waals surface area contributed by atoms with E-state index in [9.17, 15) is 9.59 Å². The zero-order valence-corrected chi connectivity index (χ0v) is 15.0. The molecule has 0 saturated carbocycles. The number of hydrogen-bond acceptors (Lipinski definition) is 4. The van der Waals surface area contributed by atoms with Crippen molar-refractivity contribution in [2.45, 2.75) is 64.0 Å². The van der Waals surface area contributed by atoms with Gasteiger partial charge in [-0.1, -0.05) is 30.9 Å². The first-order valence-corrected chi connectivity index (χ1v) is 8.56. The lowest BCUT2D eigenvalue weighted by atomic mass is 9.97. The molecule has 0 aromatic heterocycles. The van der Waals surface area contributed by atoms with Crippen LogP contribution in [0.15, 0.2) is 24.3 Å². The minimum Gasteiger partial charge on any atom is -0.480 e. The minimum absolute atomic E-state index is 0.0414. The third-order valence-corrected chi connectivity index (χ3v) is 4.10. The van der Waals surface area contributed by atoms with Crippen LogP contribution in [0.5, 0.6) is 5.75 Å². The first kappa shape index (κ1) is 20.5. The molecule has 1 atom stereocenters. The van der Waals surface area contributed by atoms with E-state index in [1.54, 1.807) is 38.1 Å². The molecule has 0 fully saturated rings. The Morgan fingerprint density at radius 2 is 1.75 bits per heavy atom. The maximum atomic E-state index is 12.3. The van der Waals surface area contributed by atoms with E-state index >= 15 is 0 Å². The highest BCUT2D eigenvalue weighted by Gasteiger charge is 2.28. The summed E-state index contributed by atoms with van der Waals surface area (Å²) in [4.78, 5) is 22.9. The molecule has 24 heavy (non-hydrogen) atoms. The monoisotopic (exact) mass is 355 g/mol. The van der Waals surface area contributed by atoms with Crippen LogP contribution in [0.25, 0.3) is 0 Å². The van der Waals surface area contributed by atoms with Crippen LogP contribution in [-0.2, 0) is 9.59 Å². The normalized spacial score (nSPS) is 12.7. The smallest absolute Gasteiger partial charge is 0.320 e. The van der Waals surface area contributed by atoms with Crippen molar-refractivity contribution < 1.29 is 19.4 Å². The first-order chi connectivity index (χ1) is 11.2. The number of benzene rings is 1. The van der Waals surface area contributed by atoms with Gasteiger partial charge in [0.2, 0.25) is 0 Å². The molecule has 1 unspecified atom stereocenters. The molecule has 0 aliphatic rings. The largest absolute Gasteiger partial charge is 0.480 e. The molecule has 3 N–H and O–H groups in total. The molecule has 1 aromatic rings. The Balaban J connectivity index is 2.28. The summed E-state index contributed by atoms with van der Waals surface area (Å²) in [7, 11) is 0. The number of aliphatic carboxylic acids is 1. The summed E-state index contributed by atoms with van der Waals surface area (Å²) in [6.07, 6.45) is 4.16. The van der Waals surface area contributed by atoms with E-state index in [0.717, 1.165) is 25.7 Å². The van der Waals surface area contributed by atoms with Gasteiger partial charge in [0, 0.05) is 11.4 Å². The van der Waals surface area contributed by atoms with Gasteiger partial charge in [-0.05, 0) is 51.0 Å². The zero-order chi connectivity index (χ0) is 18.2. The van der Waals surface area contributed by atoms with Crippen molar-refractivity contribution in [1.82, 2.24) is 0 Å². The standard InChI is InChI=1S/C18H26ClNO4/c1-18(2,24-14-11-9-13(19)10-12-14)16(21)8-6-4-3-5-7-15(20)17(22)23/h9-12,15H,3-8,20H2,1-2H3,(H,22,23). The van der Waals surface area contributed by atoms with Crippen molar-refractivity contribution >= 4 is 23.4 Å². The molecule has 6 heteroatoms. The van der Waals surface area contributed by atoms with Crippen molar-refractivity contribution in [3.8, 4) is 5.75 Å². The molecule has 0 bridgehead atoms. The average Bonchev–Trinajstić information content (AvgIpc) is 2.52. The molecule has 0 amide bonds. The summed E-state index contributed by atoms with van der Waals surface area (Å²) in [5.41, 5.74) is 4.55. The van der Waals surface area contributed by atoms with E-state index in [4.69, 9.17) is 27.2 Å². The molecule has 0 heterocycles. The minimum atomic E-state index is -0.966. The average molecular weight is 356 g/mol. The van der Waals surface area contributed by atoms with Crippen LogP contribution in [0.3, 0.4) is 0 Å². The Bertz CT molecular complexity index is 542. The highest BCUT2D eigenvalue weighted by molar-refractivity contribution is 6.30. The Kier molecular flexibility index (Phi) is 8.22. The first-order valence-electron chi connectivity index (χ1n) is 8.18. The van der Waals surface area contributed by atoms with Gasteiger partial charge >= 0.3 is 5.97 Å². The lowest BCUT2D eigenvalue weighted by Crippen LogP contribution is -2.38. The molecule has 0 saturated heterocycles. The van der Waals surface area contributed by atoms with Gasteiger partial charge in [-0.25, -0.2) is 0 Å². The number of carbonyl (C=O) groups excluding carboxylic acids is 1. The van der Waals surface area contributed by atoms with Crippen molar-refractivity contribution in [1.29, 1.82) is 0 Å². The van der Waals surface area contributed by atoms with Crippen molar-refractivity contribution in [3.63, 3.8) is 0 Å². The number of ketones is 1. The van der Waals surface area contributed by atoms with Crippen molar-refractivity contribution in [2.75, 3.05) is 0 Å². The van der Waals surface area contributed by atoms with Crippen LogP contribution in [0.2, 0.25) is 5.02 Å². The van der Waals surface area contributed by atoms with E-state index in [1.807, 2.05) is 0 Å². The number of nitrogens with two attached hydrogens (primary N) is 1. The molecule has 0 aliphatic carbocycles. The van der Waals surface area contributed by atoms with E-state index in [1.165, 1.54) is 0 Å². The Labute approximate surface area is 148 Å². The van der Waals surface area contributed by atoms with E-state index in [-0.39, 0.29) is 5.78 Å². The summed E-state index contributed by atoms with van der Waals surface area (Å²) < 4.78 is 5.76. The summed E-state index contributed by atoms with van der Waals surface area (Å²) >= 11 is 5.83. The second-order valence-electron chi connectivity index (χ2n) is 6.39. The van der Waals surface area contributed by atoms with Gasteiger partial charge in [0.05, 0.1) is 0 Å². The van der Waals surface area contributed by atoms with Crippen LogP contribution < -0.4 is 10.5 Å². The number of rotatable bonds is 11. The number of unbranched alkanes of at least 4 members (excludes halogenated alkanes) is 3. The van der Waals surface area contributed by atoms with E-state index < -0.39 is 17.6 Å². The summed E-state index contributed by atoms with van der Waals surface area (Å²) in [5.74, 6) is -0.314. The number of carboxylic acid groups (broad SMARTS) is 1. The number of hydrogen-bond donors (Lipinski definition) is 2. The second-order valence-corrected chi connectivity index (χ2v) is 6.82. The molecule has 0 spiro atoms. The fourth-order valence-corrected chi connectivity index (χ4v) is 2.41. The lowest BCUT2D eigenvalue weighted by Gasteiger charge is -2.25. The number of Topliss-reactive ketones (excluding diaryl/α,β-unsaturated/α-hetero) is 1. The van der Waals surface area contributed by atoms with E-state index in [0.29, 0.717) is 23.6 Å². The van der Waals surface area contributed by atoms with Gasteiger partial charge in [-0.15, -0.1) is 0 Å². The molecule has 0 aliphatic heterocycles. The Hall–Kier alpha value is -1.59. The third kappa shape index (κ3) is 7.32. The molecule has 134 valence electrons. The van der Waals surface area contributed by atoms with Crippen LogP contribution in [0.4, 0.5) is 0 Å². The quantitative estimate of drug-likeness (QED) is 0.589.